The zero-order valence-electron chi connectivity index (χ0n) is 15.6. The molecule has 29 heavy (non-hydrogen) atoms. The van der Waals surface area contributed by atoms with Gasteiger partial charge in [-0.05, 0) is 24.3 Å². The molecule has 2 unspecified atom stereocenters. The number of hydrogen-bond donors (Lipinski definition) is 0. The van der Waals surface area contributed by atoms with Crippen LogP contribution in [0.2, 0.25) is 5.02 Å². The quantitative estimate of drug-likeness (QED) is 0.714. The summed E-state index contributed by atoms with van der Waals surface area (Å²) in [5.41, 5.74) is 0.468. The van der Waals surface area contributed by atoms with Crippen LogP contribution in [-0.4, -0.2) is 51.8 Å². The van der Waals surface area contributed by atoms with Crippen molar-refractivity contribution in [2.45, 2.75) is 11.0 Å². The molecule has 0 radical (unpaired) electrons. The molecule has 0 N–H and O–H groups in total. The average molecular weight is 441 g/mol. The summed E-state index contributed by atoms with van der Waals surface area (Å²) in [7, 11) is -0.922. The number of halogens is 2. The van der Waals surface area contributed by atoms with Gasteiger partial charge in [-0.15, -0.1) is 0 Å². The molecular formula is C19H18ClFN2O5S. The summed E-state index contributed by atoms with van der Waals surface area (Å²) in [4.78, 5) is 5.48. The maximum atomic E-state index is 14.3. The van der Waals surface area contributed by atoms with Gasteiger partial charge in [-0.2, -0.15) is 4.31 Å². The first-order valence-electron chi connectivity index (χ1n) is 8.77. The summed E-state index contributed by atoms with van der Waals surface area (Å²) in [6.07, 6.45) is -0.504. The number of ether oxygens (including phenoxy) is 2. The fourth-order valence-electron chi connectivity index (χ4n) is 3.60. The first-order valence-corrected chi connectivity index (χ1v) is 10.6. The van der Waals surface area contributed by atoms with E-state index in [4.69, 9.17) is 25.9 Å². The Morgan fingerprint density at radius 1 is 1.17 bits per heavy atom. The Kier molecular flexibility index (Phi) is 5.14. The minimum Gasteiger partial charge on any atom is -0.493 e. The Morgan fingerprint density at radius 3 is 2.62 bits per heavy atom. The van der Waals surface area contributed by atoms with Crippen LogP contribution < -0.4 is 9.47 Å². The fourth-order valence-corrected chi connectivity index (χ4v) is 5.35. The second kappa shape index (κ2) is 7.47. The van der Waals surface area contributed by atoms with Crippen LogP contribution in [0.4, 0.5) is 4.39 Å². The summed E-state index contributed by atoms with van der Waals surface area (Å²) in [5.74, 6) is -0.206. The summed E-state index contributed by atoms with van der Waals surface area (Å²) in [6.45, 7) is 0.200. The smallest absolute Gasteiger partial charge is 0.243 e. The first-order chi connectivity index (χ1) is 13.9. The van der Waals surface area contributed by atoms with Gasteiger partial charge < -0.3 is 14.3 Å². The Labute approximate surface area is 172 Å². The highest BCUT2D eigenvalue weighted by Gasteiger charge is 2.47. The zero-order valence-corrected chi connectivity index (χ0v) is 17.2. The Hall–Kier alpha value is -2.36. The molecular weight excluding hydrogens is 423 g/mol. The summed E-state index contributed by atoms with van der Waals surface area (Å²) in [5, 5.41) is 4.19. The second-order valence-corrected chi connectivity index (χ2v) is 9.01. The van der Waals surface area contributed by atoms with Crippen LogP contribution in [0, 0.1) is 11.7 Å². The van der Waals surface area contributed by atoms with E-state index < -0.39 is 27.9 Å². The fraction of sp³-hybridized carbons (Fsp3) is 0.316. The molecule has 2 atom stereocenters. The molecule has 0 aromatic heterocycles. The molecule has 10 heteroatoms. The van der Waals surface area contributed by atoms with Crippen LogP contribution in [-0.2, 0) is 14.9 Å². The maximum absolute atomic E-state index is 14.3. The molecule has 2 aliphatic rings. The molecule has 7 nitrogen and oxygen atoms in total. The van der Waals surface area contributed by atoms with Crippen LogP contribution in [0.5, 0.6) is 11.5 Å². The van der Waals surface area contributed by atoms with E-state index in [1.165, 1.54) is 48.9 Å². The number of oxime groups is 1. The Morgan fingerprint density at radius 2 is 1.93 bits per heavy atom. The van der Waals surface area contributed by atoms with Crippen molar-refractivity contribution in [2.24, 2.45) is 11.1 Å². The lowest BCUT2D eigenvalue weighted by Gasteiger charge is -2.18. The third kappa shape index (κ3) is 3.33. The van der Waals surface area contributed by atoms with Gasteiger partial charge in [0.15, 0.2) is 17.6 Å². The largest absolute Gasteiger partial charge is 0.493 e. The minimum atomic E-state index is -3.83. The Balaban J connectivity index is 1.62. The second-order valence-electron chi connectivity index (χ2n) is 6.66. The van der Waals surface area contributed by atoms with E-state index >= 15 is 0 Å². The number of rotatable bonds is 5. The van der Waals surface area contributed by atoms with Gasteiger partial charge >= 0.3 is 0 Å². The van der Waals surface area contributed by atoms with E-state index in [0.717, 1.165) is 0 Å². The summed E-state index contributed by atoms with van der Waals surface area (Å²) in [6, 6.07) is 8.73. The van der Waals surface area contributed by atoms with Gasteiger partial charge in [0, 0.05) is 12.6 Å². The zero-order chi connectivity index (χ0) is 20.8. The molecule has 2 aliphatic heterocycles. The molecule has 2 heterocycles. The van der Waals surface area contributed by atoms with E-state index in [1.807, 2.05) is 0 Å². The molecule has 2 aromatic carbocycles. The van der Waals surface area contributed by atoms with Gasteiger partial charge in [-0.25, -0.2) is 12.8 Å². The number of fused-ring (bicyclic) bond motifs is 1. The number of methoxy groups -OCH3 is 2. The van der Waals surface area contributed by atoms with Gasteiger partial charge in [0.2, 0.25) is 10.0 Å². The van der Waals surface area contributed by atoms with Crippen LogP contribution >= 0.6 is 11.6 Å². The molecule has 0 amide bonds. The van der Waals surface area contributed by atoms with Crippen molar-refractivity contribution in [1.82, 2.24) is 4.31 Å². The van der Waals surface area contributed by atoms with Crippen LogP contribution in [0.3, 0.4) is 0 Å². The molecule has 2 aromatic rings. The van der Waals surface area contributed by atoms with E-state index in [2.05, 4.69) is 5.16 Å². The van der Waals surface area contributed by atoms with E-state index in [1.54, 1.807) is 6.07 Å². The summed E-state index contributed by atoms with van der Waals surface area (Å²) < 4.78 is 52.3. The van der Waals surface area contributed by atoms with E-state index in [-0.39, 0.29) is 28.6 Å². The van der Waals surface area contributed by atoms with Crippen molar-refractivity contribution in [1.29, 1.82) is 0 Å². The van der Waals surface area contributed by atoms with Crippen molar-refractivity contribution >= 4 is 27.3 Å². The average Bonchev–Trinajstić information content (AvgIpc) is 3.29. The number of sulfonamides is 1. The van der Waals surface area contributed by atoms with Crippen molar-refractivity contribution in [3.8, 4) is 11.5 Å². The molecule has 1 fully saturated rings. The molecule has 154 valence electrons. The number of hydrogen-bond acceptors (Lipinski definition) is 6. The Bertz CT molecular complexity index is 1070. The molecule has 4 rings (SSSR count). The van der Waals surface area contributed by atoms with Crippen LogP contribution in [0.1, 0.15) is 5.56 Å². The van der Waals surface area contributed by atoms with Crippen molar-refractivity contribution in [2.75, 3.05) is 27.3 Å². The van der Waals surface area contributed by atoms with Crippen LogP contribution in [0.25, 0.3) is 0 Å². The van der Waals surface area contributed by atoms with E-state index in [9.17, 15) is 12.8 Å². The van der Waals surface area contributed by atoms with Gasteiger partial charge in [-0.1, -0.05) is 22.8 Å². The lowest BCUT2D eigenvalue weighted by molar-refractivity contribution is 0.0803. The van der Waals surface area contributed by atoms with Crippen LogP contribution in [0.15, 0.2) is 46.4 Å². The highest BCUT2D eigenvalue weighted by Crippen LogP contribution is 2.37. The lowest BCUT2D eigenvalue weighted by atomic mass is 9.94. The SMILES string of the molecule is COc1ccc(S(=O)(=O)N2CC3ON=C(c4c(F)cccc4Cl)C3C2)cc1OC. The standard InChI is InChI=1S/C19H18ClFN2O5S/c1-26-15-7-6-11(8-16(15)27-2)29(24,25)23-9-12-17(10-23)28-22-19(12)18-13(20)4-3-5-14(18)21/h3-8,12,17H,9-10H2,1-2H3. The van der Waals surface area contributed by atoms with Gasteiger partial charge in [0.05, 0.1) is 47.9 Å². The predicted octanol–water partition coefficient (Wildman–Crippen LogP) is 2.92. The molecule has 0 spiro atoms. The van der Waals surface area contributed by atoms with Gasteiger partial charge in [0.25, 0.3) is 0 Å². The first kappa shape index (κ1) is 19.9. The lowest BCUT2D eigenvalue weighted by Crippen LogP contribution is -2.30. The monoisotopic (exact) mass is 440 g/mol. The predicted molar refractivity (Wildman–Crippen MR) is 105 cm³/mol. The van der Waals surface area contributed by atoms with Crippen molar-refractivity contribution < 1.29 is 27.1 Å². The normalized spacial score (nSPS) is 21.4. The third-order valence-electron chi connectivity index (χ3n) is 5.08. The molecule has 0 bridgehead atoms. The topological polar surface area (TPSA) is 77.4 Å². The third-order valence-corrected chi connectivity index (χ3v) is 7.22. The summed E-state index contributed by atoms with van der Waals surface area (Å²) >= 11 is 6.15. The van der Waals surface area contributed by atoms with E-state index in [0.29, 0.717) is 17.2 Å². The number of benzene rings is 2. The molecule has 1 saturated heterocycles. The maximum Gasteiger partial charge on any atom is 0.243 e. The van der Waals surface area contributed by atoms with Gasteiger partial charge in [0.1, 0.15) is 5.82 Å². The van der Waals surface area contributed by atoms with Crippen molar-refractivity contribution in [3.63, 3.8) is 0 Å². The highest BCUT2D eigenvalue weighted by atomic mass is 35.5. The minimum absolute atomic E-state index is 0.0672. The van der Waals surface area contributed by atoms with Crippen molar-refractivity contribution in [3.05, 3.63) is 52.8 Å². The highest BCUT2D eigenvalue weighted by molar-refractivity contribution is 7.89. The van der Waals surface area contributed by atoms with Gasteiger partial charge in [-0.3, -0.25) is 0 Å². The number of nitrogens with zero attached hydrogens (tertiary/aromatic N) is 2. The molecule has 0 saturated carbocycles. The molecule has 0 aliphatic carbocycles.